The molecular formula is C14H18BrClFN. The van der Waals surface area contributed by atoms with Crippen LogP contribution in [-0.2, 0) is 6.54 Å². The molecule has 1 fully saturated rings. The van der Waals surface area contributed by atoms with Crippen LogP contribution in [-0.4, -0.2) is 23.9 Å². The second kappa shape index (κ2) is 6.88. The van der Waals surface area contributed by atoms with Crippen molar-refractivity contribution in [3.8, 4) is 0 Å². The molecule has 0 aliphatic carbocycles. The first-order chi connectivity index (χ1) is 8.69. The van der Waals surface area contributed by atoms with Crippen LogP contribution in [0.15, 0.2) is 22.7 Å². The van der Waals surface area contributed by atoms with Crippen molar-refractivity contribution in [2.24, 2.45) is 5.92 Å². The van der Waals surface area contributed by atoms with Gasteiger partial charge in [0.25, 0.3) is 0 Å². The molecule has 1 heterocycles. The maximum absolute atomic E-state index is 13.8. The van der Waals surface area contributed by atoms with Gasteiger partial charge in [-0.05, 0) is 43.9 Å². The molecule has 0 bridgehead atoms. The molecule has 1 aromatic carbocycles. The molecule has 1 aromatic rings. The molecular weight excluding hydrogens is 317 g/mol. The van der Waals surface area contributed by atoms with E-state index in [2.05, 4.69) is 20.8 Å². The lowest BCUT2D eigenvalue weighted by atomic mass is 9.95. The van der Waals surface area contributed by atoms with Gasteiger partial charge in [-0.2, -0.15) is 0 Å². The molecule has 4 heteroatoms. The van der Waals surface area contributed by atoms with E-state index in [0.717, 1.165) is 35.4 Å². The minimum Gasteiger partial charge on any atom is -0.299 e. The first-order valence-corrected chi connectivity index (χ1v) is 7.74. The molecule has 100 valence electrons. The van der Waals surface area contributed by atoms with Crippen molar-refractivity contribution in [3.63, 3.8) is 0 Å². The van der Waals surface area contributed by atoms with E-state index in [4.69, 9.17) is 11.6 Å². The van der Waals surface area contributed by atoms with Crippen LogP contribution in [0.2, 0.25) is 0 Å². The lowest BCUT2D eigenvalue weighted by Gasteiger charge is -2.32. The SMILES string of the molecule is Fc1cc(Br)ccc1CN1CCCC(CCCl)C1. The first-order valence-electron chi connectivity index (χ1n) is 6.41. The van der Waals surface area contributed by atoms with Crippen molar-refractivity contribution >= 4 is 27.5 Å². The molecule has 0 amide bonds. The summed E-state index contributed by atoms with van der Waals surface area (Å²) in [7, 11) is 0. The summed E-state index contributed by atoms with van der Waals surface area (Å²) in [6.07, 6.45) is 3.52. The van der Waals surface area contributed by atoms with E-state index in [1.807, 2.05) is 12.1 Å². The van der Waals surface area contributed by atoms with Gasteiger partial charge in [0.05, 0.1) is 0 Å². The van der Waals surface area contributed by atoms with E-state index in [1.54, 1.807) is 0 Å². The molecule has 1 atom stereocenters. The summed E-state index contributed by atoms with van der Waals surface area (Å²) >= 11 is 9.08. The number of likely N-dealkylation sites (tertiary alicyclic amines) is 1. The number of piperidine rings is 1. The number of alkyl halides is 1. The smallest absolute Gasteiger partial charge is 0.128 e. The topological polar surface area (TPSA) is 3.24 Å². The maximum atomic E-state index is 13.8. The molecule has 2 rings (SSSR count). The fraction of sp³-hybridized carbons (Fsp3) is 0.571. The van der Waals surface area contributed by atoms with Crippen molar-refractivity contribution in [2.45, 2.75) is 25.8 Å². The van der Waals surface area contributed by atoms with Crippen molar-refractivity contribution in [2.75, 3.05) is 19.0 Å². The highest BCUT2D eigenvalue weighted by Gasteiger charge is 2.20. The van der Waals surface area contributed by atoms with Crippen LogP contribution in [0.1, 0.15) is 24.8 Å². The van der Waals surface area contributed by atoms with Gasteiger partial charge in [-0.15, -0.1) is 11.6 Å². The molecule has 0 spiro atoms. The Hall–Kier alpha value is -0.120. The van der Waals surface area contributed by atoms with Gasteiger partial charge in [-0.25, -0.2) is 4.39 Å². The molecule has 1 unspecified atom stereocenters. The Bertz CT molecular complexity index is 397. The van der Waals surface area contributed by atoms with E-state index >= 15 is 0 Å². The molecule has 1 saturated heterocycles. The standard InChI is InChI=1S/C14H18BrClFN/c15-13-4-3-12(14(17)8-13)10-18-7-1-2-11(9-18)5-6-16/h3-4,8,11H,1-2,5-7,9-10H2. The second-order valence-corrected chi connectivity index (χ2v) is 6.25. The quantitative estimate of drug-likeness (QED) is 0.736. The van der Waals surface area contributed by atoms with Gasteiger partial charge in [-0.1, -0.05) is 22.0 Å². The van der Waals surface area contributed by atoms with Crippen molar-refractivity contribution < 1.29 is 4.39 Å². The summed E-state index contributed by atoms with van der Waals surface area (Å²) in [6, 6.07) is 5.30. The van der Waals surface area contributed by atoms with Crippen LogP contribution in [0.3, 0.4) is 0 Å². The third-order valence-electron chi connectivity index (χ3n) is 3.53. The summed E-state index contributed by atoms with van der Waals surface area (Å²) in [5, 5.41) is 0. The highest BCUT2D eigenvalue weighted by molar-refractivity contribution is 9.10. The van der Waals surface area contributed by atoms with Gasteiger partial charge < -0.3 is 0 Å². The zero-order valence-electron chi connectivity index (χ0n) is 10.3. The summed E-state index contributed by atoms with van der Waals surface area (Å²) in [5.74, 6) is 1.28. The molecule has 1 aliphatic heterocycles. The number of hydrogen-bond acceptors (Lipinski definition) is 1. The lowest BCUT2D eigenvalue weighted by molar-refractivity contribution is 0.163. The normalized spacial score (nSPS) is 21.2. The highest BCUT2D eigenvalue weighted by Crippen LogP contribution is 2.23. The van der Waals surface area contributed by atoms with Gasteiger partial charge in [0.15, 0.2) is 0 Å². The largest absolute Gasteiger partial charge is 0.299 e. The predicted octanol–water partition coefficient (Wildman–Crippen LogP) is 4.43. The number of halogens is 3. The van der Waals surface area contributed by atoms with Crippen LogP contribution in [0, 0.1) is 11.7 Å². The summed E-state index contributed by atoms with van der Waals surface area (Å²) in [6.45, 7) is 2.81. The van der Waals surface area contributed by atoms with E-state index in [9.17, 15) is 4.39 Å². The van der Waals surface area contributed by atoms with Gasteiger partial charge in [0, 0.05) is 29.0 Å². The van der Waals surface area contributed by atoms with E-state index in [0.29, 0.717) is 12.5 Å². The number of nitrogens with zero attached hydrogens (tertiary/aromatic N) is 1. The maximum Gasteiger partial charge on any atom is 0.128 e. The Labute approximate surface area is 121 Å². The molecule has 0 saturated carbocycles. The number of rotatable bonds is 4. The van der Waals surface area contributed by atoms with E-state index in [1.165, 1.54) is 18.9 Å². The zero-order chi connectivity index (χ0) is 13.0. The molecule has 0 radical (unpaired) electrons. The van der Waals surface area contributed by atoms with Crippen LogP contribution < -0.4 is 0 Å². The van der Waals surface area contributed by atoms with Gasteiger partial charge >= 0.3 is 0 Å². The lowest BCUT2D eigenvalue weighted by Crippen LogP contribution is -2.35. The number of benzene rings is 1. The molecule has 0 N–H and O–H groups in total. The Morgan fingerprint density at radius 1 is 1.44 bits per heavy atom. The fourth-order valence-corrected chi connectivity index (χ4v) is 3.22. The summed E-state index contributed by atoms with van der Waals surface area (Å²) in [5.41, 5.74) is 0.782. The van der Waals surface area contributed by atoms with Gasteiger partial charge in [-0.3, -0.25) is 4.90 Å². The Balaban J connectivity index is 1.96. The fourth-order valence-electron chi connectivity index (χ4n) is 2.58. The molecule has 18 heavy (non-hydrogen) atoms. The van der Waals surface area contributed by atoms with Crippen molar-refractivity contribution in [3.05, 3.63) is 34.1 Å². The minimum atomic E-state index is -0.121. The average molecular weight is 335 g/mol. The van der Waals surface area contributed by atoms with Crippen LogP contribution >= 0.6 is 27.5 Å². The Morgan fingerprint density at radius 3 is 3.00 bits per heavy atom. The summed E-state index contributed by atoms with van der Waals surface area (Å²) < 4.78 is 14.6. The number of hydrogen-bond donors (Lipinski definition) is 0. The summed E-state index contributed by atoms with van der Waals surface area (Å²) in [4.78, 5) is 2.34. The van der Waals surface area contributed by atoms with E-state index in [-0.39, 0.29) is 5.82 Å². The minimum absolute atomic E-state index is 0.121. The third kappa shape index (κ3) is 3.94. The van der Waals surface area contributed by atoms with Crippen molar-refractivity contribution in [1.82, 2.24) is 4.90 Å². The zero-order valence-corrected chi connectivity index (χ0v) is 12.7. The van der Waals surface area contributed by atoms with Crippen LogP contribution in [0.4, 0.5) is 4.39 Å². The van der Waals surface area contributed by atoms with Gasteiger partial charge in [0.1, 0.15) is 5.82 Å². The average Bonchev–Trinajstić information content (AvgIpc) is 2.34. The predicted molar refractivity (Wildman–Crippen MR) is 77.4 cm³/mol. The second-order valence-electron chi connectivity index (χ2n) is 4.96. The van der Waals surface area contributed by atoms with E-state index < -0.39 is 0 Å². The Kier molecular flexibility index (Phi) is 5.46. The monoisotopic (exact) mass is 333 g/mol. The van der Waals surface area contributed by atoms with Crippen LogP contribution in [0.25, 0.3) is 0 Å². The molecule has 1 nitrogen and oxygen atoms in total. The molecule has 1 aliphatic rings. The van der Waals surface area contributed by atoms with Crippen LogP contribution in [0.5, 0.6) is 0 Å². The third-order valence-corrected chi connectivity index (χ3v) is 4.24. The highest BCUT2D eigenvalue weighted by atomic mass is 79.9. The molecule has 0 aromatic heterocycles. The first kappa shape index (κ1) is 14.3. The Morgan fingerprint density at radius 2 is 2.28 bits per heavy atom. The van der Waals surface area contributed by atoms with Gasteiger partial charge in [0.2, 0.25) is 0 Å². The van der Waals surface area contributed by atoms with Crippen molar-refractivity contribution in [1.29, 1.82) is 0 Å².